The smallest absolute Gasteiger partial charge is 0.220 e. The fourth-order valence-corrected chi connectivity index (χ4v) is 2.41. The Labute approximate surface area is 127 Å². The van der Waals surface area contributed by atoms with E-state index in [-0.39, 0.29) is 5.82 Å². The van der Waals surface area contributed by atoms with Crippen molar-refractivity contribution in [3.8, 4) is 11.6 Å². The molecule has 0 amide bonds. The van der Waals surface area contributed by atoms with E-state index in [4.69, 9.17) is 16.3 Å². The number of hydrogen-bond acceptors (Lipinski definition) is 2. The van der Waals surface area contributed by atoms with Crippen molar-refractivity contribution in [3.63, 3.8) is 0 Å². The topological polar surface area (TPSA) is 22.1 Å². The van der Waals surface area contributed by atoms with Crippen LogP contribution in [0.2, 0.25) is 0 Å². The van der Waals surface area contributed by atoms with Crippen LogP contribution in [0.5, 0.6) is 11.6 Å². The number of aryl methyl sites for hydroxylation is 1. The number of ether oxygens (including phenoxy) is 1. The summed E-state index contributed by atoms with van der Waals surface area (Å²) in [6, 6.07) is 14.2. The van der Waals surface area contributed by atoms with Crippen molar-refractivity contribution in [2.45, 2.75) is 12.8 Å². The van der Waals surface area contributed by atoms with Crippen LogP contribution in [0.15, 0.2) is 48.5 Å². The Balaban J connectivity index is 2.02. The molecule has 0 unspecified atom stereocenters. The SMILES string of the molecule is Cc1cc(Oc2cc(CCl)c3ccccc3n2)ccc1F. The summed E-state index contributed by atoms with van der Waals surface area (Å²) in [7, 11) is 0. The predicted molar refractivity (Wildman–Crippen MR) is 82.5 cm³/mol. The third-order valence-electron chi connectivity index (χ3n) is 3.27. The molecule has 0 aliphatic heterocycles. The molecule has 0 atom stereocenters. The van der Waals surface area contributed by atoms with E-state index in [1.165, 1.54) is 6.07 Å². The Morgan fingerprint density at radius 1 is 1.14 bits per heavy atom. The molecule has 0 saturated carbocycles. The van der Waals surface area contributed by atoms with E-state index in [0.717, 1.165) is 16.5 Å². The zero-order valence-corrected chi connectivity index (χ0v) is 12.2. The standard InChI is InChI=1S/C17H13ClFNO/c1-11-8-13(6-7-15(11)19)21-17-9-12(10-18)14-4-2-3-5-16(14)20-17/h2-9H,10H2,1H3. The molecule has 1 heterocycles. The number of rotatable bonds is 3. The lowest BCUT2D eigenvalue weighted by Crippen LogP contribution is -1.93. The maximum Gasteiger partial charge on any atom is 0.220 e. The van der Waals surface area contributed by atoms with Gasteiger partial charge in [0.2, 0.25) is 5.88 Å². The summed E-state index contributed by atoms with van der Waals surface area (Å²) in [5.74, 6) is 1.13. The molecule has 4 heteroatoms. The lowest BCUT2D eigenvalue weighted by Gasteiger charge is -2.09. The molecule has 0 radical (unpaired) electrons. The molecule has 106 valence electrons. The van der Waals surface area contributed by atoms with E-state index >= 15 is 0 Å². The van der Waals surface area contributed by atoms with Crippen molar-refractivity contribution in [2.24, 2.45) is 0 Å². The van der Waals surface area contributed by atoms with E-state index in [1.54, 1.807) is 19.1 Å². The predicted octanol–water partition coefficient (Wildman–Crippen LogP) is 5.21. The Hall–Kier alpha value is -2.13. The Bertz CT molecular complexity index is 804. The number of benzene rings is 2. The summed E-state index contributed by atoms with van der Waals surface area (Å²) in [5, 5.41) is 1.01. The number of alkyl halides is 1. The highest BCUT2D eigenvalue weighted by atomic mass is 35.5. The summed E-state index contributed by atoms with van der Waals surface area (Å²) in [4.78, 5) is 4.46. The zero-order valence-electron chi connectivity index (χ0n) is 11.4. The molecule has 2 aromatic carbocycles. The first-order valence-corrected chi connectivity index (χ1v) is 7.09. The van der Waals surface area contributed by atoms with E-state index in [2.05, 4.69) is 4.98 Å². The van der Waals surface area contributed by atoms with Gasteiger partial charge in [-0.15, -0.1) is 11.6 Å². The van der Waals surface area contributed by atoms with Crippen LogP contribution < -0.4 is 4.74 Å². The van der Waals surface area contributed by atoms with E-state index in [0.29, 0.717) is 23.1 Å². The van der Waals surface area contributed by atoms with Crippen LogP contribution in [0.3, 0.4) is 0 Å². The van der Waals surface area contributed by atoms with Gasteiger partial charge in [-0.1, -0.05) is 18.2 Å². The molecule has 21 heavy (non-hydrogen) atoms. The number of fused-ring (bicyclic) bond motifs is 1. The fourth-order valence-electron chi connectivity index (χ4n) is 2.18. The van der Waals surface area contributed by atoms with Gasteiger partial charge in [-0.2, -0.15) is 0 Å². The molecule has 0 spiro atoms. The number of nitrogens with zero attached hydrogens (tertiary/aromatic N) is 1. The minimum Gasteiger partial charge on any atom is -0.439 e. The van der Waals surface area contributed by atoms with Crippen LogP contribution in [0, 0.1) is 12.7 Å². The Morgan fingerprint density at radius 3 is 2.71 bits per heavy atom. The molecule has 0 N–H and O–H groups in total. The minimum absolute atomic E-state index is 0.254. The van der Waals surface area contributed by atoms with Crippen molar-refractivity contribution >= 4 is 22.5 Å². The van der Waals surface area contributed by atoms with Crippen molar-refractivity contribution in [1.82, 2.24) is 4.98 Å². The first kappa shape index (κ1) is 13.8. The first-order valence-electron chi connectivity index (χ1n) is 6.56. The van der Waals surface area contributed by atoms with Crippen LogP contribution in [-0.4, -0.2) is 4.98 Å². The van der Waals surface area contributed by atoms with Crippen LogP contribution >= 0.6 is 11.6 Å². The van der Waals surface area contributed by atoms with Gasteiger partial charge in [0, 0.05) is 17.3 Å². The molecule has 0 aliphatic carbocycles. The second-order valence-electron chi connectivity index (χ2n) is 4.78. The summed E-state index contributed by atoms with van der Waals surface area (Å²) >= 11 is 5.99. The van der Waals surface area contributed by atoms with Crippen molar-refractivity contribution in [1.29, 1.82) is 0 Å². The lowest BCUT2D eigenvalue weighted by molar-refractivity contribution is 0.462. The summed E-state index contributed by atoms with van der Waals surface area (Å²) < 4.78 is 19.0. The average Bonchev–Trinajstić information content (AvgIpc) is 2.50. The van der Waals surface area contributed by atoms with Gasteiger partial charge in [-0.25, -0.2) is 9.37 Å². The monoisotopic (exact) mass is 301 g/mol. The van der Waals surface area contributed by atoms with E-state index in [1.807, 2.05) is 30.3 Å². The largest absolute Gasteiger partial charge is 0.439 e. The maximum absolute atomic E-state index is 13.3. The quantitative estimate of drug-likeness (QED) is 0.619. The molecule has 2 nitrogen and oxygen atoms in total. The molecule has 0 fully saturated rings. The highest BCUT2D eigenvalue weighted by molar-refractivity contribution is 6.18. The second-order valence-corrected chi connectivity index (χ2v) is 5.05. The van der Waals surface area contributed by atoms with Gasteiger partial charge in [0.1, 0.15) is 11.6 Å². The van der Waals surface area contributed by atoms with Crippen LogP contribution in [0.1, 0.15) is 11.1 Å². The molecule has 1 aromatic heterocycles. The number of aromatic nitrogens is 1. The molecular weight excluding hydrogens is 289 g/mol. The Morgan fingerprint density at radius 2 is 1.95 bits per heavy atom. The van der Waals surface area contributed by atoms with Crippen LogP contribution in [-0.2, 0) is 5.88 Å². The molecule has 0 bridgehead atoms. The normalized spacial score (nSPS) is 10.8. The van der Waals surface area contributed by atoms with Gasteiger partial charge in [-0.05, 0) is 42.3 Å². The van der Waals surface area contributed by atoms with E-state index < -0.39 is 0 Å². The molecule has 3 rings (SSSR count). The molecule has 0 aliphatic rings. The minimum atomic E-state index is -0.254. The summed E-state index contributed by atoms with van der Waals surface area (Å²) in [5.41, 5.74) is 2.31. The average molecular weight is 302 g/mol. The highest BCUT2D eigenvalue weighted by Gasteiger charge is 2.07. The highest BCUT2D eigenvalue weighted by Crippen LogP contribution is 2.27. The van der Waals surface area contributed by atoms with E-state index in [9.17, 15) is 4.39 Å². The maximum atomic E-state index is 13.3. The number of para-hydroxylation sites is 1. The molecule has 0 saturated heterocycles. The zero-order chi connectivity index (χ0) is 14.8. The van der Waals surface area contributed by atoms with Crippen LogP contribution in [0.4, 0.5) is 4.39 Å². The summed E-state index contributed by atoms with van der Waals surface area (Å²) in [6.07, 6.45) is 0. The lowest BCUT2D eigenvalue weighted by atomic mass is 10.1. The molecular formula is C17H13ClFNO. The number of hydrogen-bond donors (Lipinski definition) is 0. The van der Waals surface area contributed by atoms with Gasteiger partial charge in [0.15, 0.2) is 0 Å². The fraction of sp³-hybridized carbons (Fsp3) is 0.118. The van der Waals surface area contributed by atoms with Crippen molar-refractivity contribution in [2.75, 3.05) is 0 Å². The number of halogens is 2. The van der Waals surface area contributed by atoms with Gasteiger partial charge in [-0.3, -0.25) is 0 Å². The third-order valence-corrected chi connectivity index (χ3v) is 3.56. The van der Waals surface area contributed by atoms with Gasteiger partial charge >= 0.3 is 0 Å². The summed E-state index contributed by atoms with van der Waals surface area (Å²) in [6.45, 7) is 1.69. The van der Waals surface area contributed by atoms with Crippen LogP contribution in [0.25, 0.3) is 10.9 Å². The van der Waals surface area contributed by atoms with Crippen molar-refractivity contribution < 1.29 is 9.13 Å². The molecule has 3 aromatic rings. The van der Waals surface area contributed by atoms with Gasteiger partial charge < -0.3 is 4.74 Å². The van der Waals surface area contributed by atoms with Crippen molar-refractivity contribution in [3.05, 3.63) is 65.5 Å². The first-order chi connectivity index (χ1) is 10.2. The van der Waals surface area contributed by atoms with Gasteiger partial charge in [0.25, 0.3) is 0 Å². The van der Waals surface area contributed by atoms with Gasteiger partial charge in [0.05, 0.1) is 5.52 Å². The second kappa shape index (κ2) is 5.70. The number of pyridine rings is 1. The Kier molecular flexibility index (Phi) is 3.76. The third kappa shape index (κ3) is 2.83.